The van der Waals surface area contributed by atoms with E-state index in [0.717, 1.165) is 5.56 Å². The fourth-order valence-electron chi connectivity index (χ4n) is 4.00. The Bertz CT molecular complexity index is 1060. The van der Waals surface area contributed by atoms with Gasteiger partial charge in [0.2, 0.25) is 5.84 Å². The van der Waals surface area contributed by atoms with Gasteiger partial charge >= 0.3 is 0 Å². The molecular formula is C24H28FN5O3. The van der Waals surface area contributed by atoms with Crippen molar-refractivity contribution in [2.75, 3.05) is 29.5 Å². The van der Waals surface area contributed by atoms with Crippen LogP contribution >= 0.6 is 0 Å². The van der Waals surface area contributed by atoms with Crippen molar-refractivity contribution >= 4 is 29.0 Å². The van der Waals surface area contributed by atoms with Crippen LogP contribution in [0.25, 0.3) is 0 Å². The molecule has 0 saturated carbocycles. The van der Waals surface area contributed by atoms with Crippen LogP contribution < -0.4 is 20.7 Å². The smallest absolute Gasteiger partial charge is 0.288 e. The van der Waals surface area contributed by atoms with E-state index in [1.54, 1.807) is 24.3 Å². The highest BCUT2D eigenvalue weighted by atomic mass is 19.1. The molecule has 1 fully saturated rings. The van der Waals surface area contributed by atoms with Crippen LogP contribution in [-0.4, -0.2) is 49.5 Å². The topological polar surface area (TPSA) is 86.3 Å². The number of hydrazine groups is 1. The largest absolute Gasteiger partial charge is 0.372 e. The van der Waals surface area contributed by atoms with Crippen molar-refractivity contribution in [3.63, 3.8) is 0 Å². The third-order valence-corrected chi connectivity index (χ3v) is 5.57. The molecule has 1 saturated heterocycles. The molecule has 174 valence electrons. The molecule has 2 aliphatic heterocycles. The number of carbonyl (C=O) groups is 2. The first kappa shape index (κ1) is 22.7. The number of anilines is 2. The number of carbonyl (C=O) groups excluding carboxylic acids is 2. The van der Waals surface area contributed by atoms with Crippen LogP contribution in [0.15, 0.2) is 47.5 Å². The Hall–Kier alpha value is -3.46. The maximum atomic E-state index is 14.8. The van der Waals surface area contributed by atoms with Crippen molar-refractivity contribution in [2.45, 2.75) is 39.5 Å². The van der Waals surface area contributed by atoms with Crippen molar-refractivity contribution in [1.29, 1.82) is 0 Å². The van der Waals surface area contributed by atoms with Crippen molar-refractivity contribution in [2.24, 2.45) is 4.99 Å². The maximum absolute atomic E-state index is 14.8. The molecule has 0 aromatic heterocycles. The van der Waals surface area contributed by atoms with Crippen LogP contribution in [0, 0.1) is 12.7 Å². The Labute approximate surface area is 192 Å². The third-order valence-electron chi connectivity index (χ3n) is 5.57. The predicted molar refractivity (Wildman–Crippen MR) is 125 cm³/mol. The van der Waals surface area contributed by atoms with Crippen LogP contribution in [0.2, 0.25) is 0 Å². The molecule has 2 aromatic carbocycles. The van der Waals surface area contributed by atoms with Crippen molar-refractivity contribution in [3.8, 4) is 0 Å². The van der Waals surface area contributed by atoms with E-state index in [1.165, 1.54) is 11.1 Å². The number of rotatable bonds is 5. The van der Waals surface area contributed by atoms with E-state index >= 15 is 0 Å². The summed E-state index contributed by atoms with van der Waals surface area (Å²) in [6.07, 6.45) is 0.0597. The fraction of sp³-hybridized carbons (Fsp3) is 0.375. The van der Waals surface area contributed by atoms with Gasteiger partial charge in [-0.2, -0.15) is 0 Å². The van der Waals surface area contributed by atoms with Gasteiger partial charge in [0.15, 0.2) is 0 Å². The Morgan fingerprint density at radius 3 is 2.55 bits per heavy atom. The number of hydrogen-bond acceptors (Lipinski definition) is 6. The summed E-state index contributed by atoms with van der Waals surface area (Å²) >= 11 is 0. The number of amidine groups is 1. The van der Waals surface area contributed by atoms with E-state index in [-0.39, 0.29) is 42.9 Å². The highest BCUT2D eigenvalue weighted by molar-refractivity contribution is 6.39. The van der Waals surface area contributed by atoms with Crippen LogP contribution in [0.5, 0.6) is 0 Å². The summed E-state index contributed by atoms with van der Waals surface area (Å²) in [7, 11) is 0. The van der Waals surface area contributed by atoms with Gasteiger partial charge in [-0.25, -0.2) is 9.40 Å². The van der Waals surface area contributed by atoms with E-state index < -0.39 is 5.91 Å². The molecule has 33 heavy (non-hydrogen) atoms. The van der Waals surface area contributed by atoms with Gasteiger partial charge in [0.05, 0.1) is 23.6 Å². The summed E-state index contributed by atoms with van der Waals surface area (Å²) in [5, 5.41) is 4.04. The number of nitrogens with one attached hydrogen (secondary N) is 2. The zero-order valence-electron chi connectivity index (χ0n) is 19.0. The molecule has 0 radical (unpaired) electrons. The summed E-state index contributed by atoms with van der Waals surface area (Å²) in [5.74, 6) is -1.05. The third kappa shape index (κ3) is 5.31. The number of morpholine rings is 1. The highest BCUT2D eigenvalue weighted by Crippen LogP contribution is 2.24. The van der Waals surface area contributed by atoms with E-state index in [4.69, 9.17) is 4.74 Å². The number of benzene rings is 2. The zero-order valence-corrected chi connectivity index (χ0v) is 19.0. The average molecular weight is 454 g/mol. The maximum Gasteiger partial charge on any atom is 0.288 e. The second-order valence-corrected chi connectivity index (χ2v) is 8.47. The lowest BCUT2D eigenvalue weighted by atomic mass is 10.1. The normalized spacial score (nSPS) is 20.8. The molecule has 2 heterocycles. The number of ether oxygens (including phenoxy) is 1. The first-order chi connectivity index (χ1) is 15.8. The molecule has 2 aromatic rings. The molecule has 2 aliphatic rings. The van der Waals surface area contributed by atoms with Gasteiger partial charge in [0.1, 0.15) is 12.4 Å². The van der Waals surface area contributed by atoms with Gasteiger partial charge < -0.3 is 15.0 Å². The van der Waals surface area contributed by atoms with E-state index in [0.29, 0.717) is 30.0 Å². The molecule has 0 bridgehead atoms. The standard InChI is InChI=1S/C24H28FN5O3/c1-15-4-7-19(8-5-15)30-22(31)12-26-23(28-30)24(32)27-11-18-6-9-21(20(25)10-18)29-13-16(2)33-17(3)14-29/h4-10,16-17H,11-14H2,1-3H3,(H,26,28)(H,27,32). The van der Waals surface area contributed by atoms with E-state index in [1.807, 2.05) is 37.8 Å². The van der Waals surface area contributed by atoms with Gasteiger partial charge in [0, 0.05) is 19.6 Å². The monoisotopic (exact) mass is 453 g/mol. The molecule has 2 N–H and O–H groups in total. The highest BCUT2D eigenvalue weighted by Gasteiger charge is 2.26. The quantitative estimate of drug-likeness (QED) is 0.726. The van der Waals surface area contributed by atoms with Crippen LogP contribution in [0.1, 0.15) is 25.0 Å². The van der Waals surface area contributed by atoms with E-state index in [9.17, 15) is 14.0 Å². The predicted octanol–water partition coefficient (Wildman–Crippen LogP) is 2.31. The summed E-state index contributed by atoms with van der Waals surface area (Å²) in [6.45, 7) is 7.14. The van der Waals surface area contributed by atoms with Crippen molar-refractivity contribution < 1.29 is 18.7 Å². The molecule has 2 unspecified atom stereocenters. The van der Waals surface area contributed by atoms with Crippen LogP contribution in [0.3, 0.4) is 0 Å². The summed E-state index contributed by atoms with van der Waals surface area (Å²) in [4.78, 5) is 30.9. The second kappa shape index (κ2) is 9.58. The number of halogens is 1. The molecule has 0 spiro atoms. The molecule has 4 rings (SSSR count). The number of nitrogens with zero attached hydrogens (tertiary/aromatic N) is 3. The molecule has 2 atom stereocenters. The summed E-state index contributed by atoms with van der Waals surface area (Å²) in [5.41, 5.74) is 5.61. The van der Waals surface area contributed by atoms with Crippen LogP contribution in [-0.2, 0) is 20.9 Å². The SMILES string of the molecule is Cc1ccc(N2NC(C(=O)NCc3ccc(N4CC(C)OC(C)C4)c(F)c3)=NCC2=O)cc1. The molecule has 9 heteroatoms. The molecule has 2 amide bonds. The summed E-state index contributed by atoms with van der Waals surface area (Å²) < 4.78 is 20.5. The van der Waals surface area contributed by atoms with Gasteiger partial charge in [-0.1, -0.05) is 23.8 Å². The van der Waals surface area contributed by atoms with Gasteiger partial charge in [-0.15, -0.1) is 0 Å². The first-order valence-electron chi connectivity index (χ1n) is 11.0. The Balaban J connectivity index is 1.38. The Morgan fingerprint density at radius 1 is 1.18 bits per heavy atom. The van der Waals surface area contributed by atoms with Gasteiger partial charge in [-0.3, -0.25) is 20.0 Å². The van der Waals surface area contributed by atoms with Gasteiger partial charge in [0.25, 0.3) is 11.8 Å². The minimum absolute atomic E-state index is 0.0299. The minimum Gasteiger partial charge on any atom is -0.372 e. The van der Waals surface area contributed by atoms with Crippen molar-refractivity contribution in [1.82, 2.24) is 10.7 Å². The molecule has 0 aliphatic carbocycles. The molecular weight excluding hydrogens is 425 g/mol. The lowest BCUT2D eigenvalue weighted by Gasteiger charge is -2.37. The first-order valence-corrected chi connectivity index (χ1v) is 11.0. The lowest BCUT2D eigenvalue weighted by molar-refractivity contribution is -0.118. The lowest BCUT2D eigenvalue weighted by Crippen LogP contribution is -2.55. The molecule has 8 nitrogen and oxygen atoms in total. The average Bonchev–Trinajstić information content (AvgIpc) is 2.78. The minimum atomic E-state index is -0.472. The Kier molecular flexibility index (Phi) is 6.60. The second-order valence-electron chi connectivity index (χ2n) is 8.47. The number of hydrogen-bond donors (Lipinski definition) is 2. The number of amides is 2. The van der Waals surface area contributed by atoms with Crippen LogP contribution in [0.4, 0.5) is 15.8 Å². The van der Waals surface area contributed by atoms with Crippen molar-refractivity contribution in [3.05, 3.63) is 59.4 Å². The fourth-order valence-corrected chi connectivity index (χ4v) is 4.00. The zero-order chi connectivity index (χ0) is 23.5. The van der Waals surface area contributed by atoms with Gasteiger partial charge in [-0.05, 0) is 50.6 Å². The van der Waals surface area contributed by atoms with E-state index in [2.05, 4.69) is 15.7 Å². The number of aliphatic imine (C=N–C) groups is 1. The Morgan fingerprint density at radius 2 is 1.88 bits per heavy atom. The summed E-state index contributed by atoms with van der Waals surface area (Å²) in [6, 6.07) is 12.3. The number of aryl methyl sites for hydroxylation is 1.